The highest BCUT2D eigenvalue weighted by Crippen LogP contribution is 2.36. The number of nitrogens with one attached hydrogen (secondary N) is 4. The number of pyridine rings is 1. The number of hydrogen-bond donors (Lipinski definition) is 4. The number of fused-ring (bicyclic) bond motifs is 2. The molecule has 310 valence electrons. The van der Waals surface area contributed by atoms with Crippen molar-refractivity contribution in [1.29, 1.82) is 0 Å². The van der Waals surface area contributed by atoms with Crippen LogP contribution in [0.1, 0.15) is 63.2 Å². The maximum absolute atomic E-state index is 6.47. The van der Waals surface area contributed by atoms with Crippen molar-refractivity contribution in [2.24, 2.45) is 0 Å². The predicted molar refractivity (Wildman–Crippen MR) is 236 cm³/mol. The van der Waals surface area contributed by atoms with Crippen LogP contribution in [0.4, 0.5) is 34.5 Å². The van der Waals surface area contributed by atoms with Gasteiger partial charge in [-0.1, -0.05) is 6.07 Å². The molecule has 10 rings (SSSR count). The average Bonchev–Trinajstić information content (AvgIpc) is 3.31. The molecule has 0 amide bonds. The molecule has 1 unspecified atom stereocenters. The Balaban J connectivity index is 0.862. The van der Waals surface area contributed by atoms with Gasteiger partial charge in [-0.3, -0.25) is 15.0 Å². The number of morpholine rings is 2. The van der Waals surface area contributed by atoms with Crippen LogP contribution < -0.4 is 31.1 Å². The lowest BCUT2D eigenvalue weighted by Gasteiger charge is -2.35. The molecule has 2 saturated carbocycles. The standard InChI is InChI=1S/C45H53N13O2/c1-2-13-47-42(4-1)54-32-9-5-31(6-10-32)53-39-26-34(57-18-21-59-22-19-57)24-37-44(39)56-40(28-51-37)41-29-58(20-23-60-41)35-25-36-43(48-17-16-46-36)38(27-35)52-30-7-11-33(12-8-30)55-45-49-14-3-15-50-45/h1-4,13-17,24-28,30-33,41,52-53H,5-12,18-23,29H2,(H,47,54)(H,49,50,55). The van der Waals surface area contributed by atoms with Crippen molar-refractivity contribution < 1.29 is 9.47 Å². The maximum atomic E-state index is 6.47. The first kappa shape index (κ1) is 38.3. The van der Waals surface area contributed by atoms with Crippen molar-refractivity contribution in [2.45, 2.75) is 81.6 Å². The zero-order chi connectivity index (χ0) is 40.1. The van der Waals surface area contributed by atoms with Crippen LogP contribution in [0, 0.1) is 0 Å². The minimum atomic E-state index is -0.249. The third-order valence-corrected chi connectivity index (χ3v) is 12.4. The van der Waals surface area contributed by atoms with Crippen molar-refractivity contribution in [3.8, 4) is 0 Å². The van der Waals surface area contributed by atoms with Crippen LogP contribution in [0.15, 0.2) is 85.7 Å². The lowest BCUT2D eigenvalue weighted by molar-refractivity contribution is 0.0370. The summed E-state index contributed by atoms with van der Waals surface area (Å²) < 4.78 is 12.2. The van der Waals surface area contributed by atoms with E-state index in [4.69, 9.17) is 29.4 Å². The molecule has 4 N–H and O–H groups in total. The fourth-order valence-corrected chi connectivity index (χ4v) is 9.22. The van der Waals surface area contributed by atoms with E-state index in [1.54, 1.807) is 24.8 Å². The second-order valence-electron chi connectivity index (χ2n) is 16.4. The molecule has 6 aromatic rings. The van der Waals surface area contributed by atoms with E-state index >= 15 is 0 Å². The summed E-state index contributed by atoms with van der Waals surface area (Å²) >= 11 is 0. The third kappa shape index (κ3) is 8.82. The van der Waals surface area contributed by atoms with Gasteiger partial charge in [0.25, 0.3) is 0 Å². The van der Waals surface area contributed by atoms with Crippen LogP contribution >= 0.6 is 0 Å². The fraction of sp³-hybridized carbons (Fsp3) is 0.444. The van der Waals surface area contributed by atoms with E-state index < -0.39 is 0 Å². The van der Waals surface area contributed by atoms with Gasteiger partial charge < -0.3 is 40.5 Å². The molecule has 2 aliphatic heterocycles. The van der Waals surface area contributed by atoms with Gasteiger partial charge in [0, 0.05) is 86.2 Å². The molecule has 4 aliphatic rings. The van der Waals surface area contributed by atoms with Crippen LogP contribution in [0.3, 0.4) is 0 Å². The van der Waals surface area contributed by atoms with E-state index in [-0.39, 0.29) is 6.10 Å². The normalized spacial score (nSPS) is 23.6. The number of anilines is 6. The molecule has 4 aromatic heterocycles. The summed E-state index contributed by atoms with van der Waals surface area (Å²) in [5, 5.41) is 14.9. The molecule has 4 fully saturated rings. The van der Waals surface area contributed by atoms with Gasteiger partial charge in [-0.25, -0.2) is 19.9 Å². The Hall–Kier alpha value is -5.93. The predicted octanol–water partition coefficient (Wildman–Crippen LogP) is 6.84. The zero-order valence-electron chi connectivity index (χ0n) is 33.9. The summed E-state index contributed by atoms with van der Waals surface area (Å²) in [4.78, 5) is 37.9. The summed E-state index contributed by atoms with van der Waals surface area (Å²) in [5.41, 5.74) is 8.64. The van der Waals surface area contributed by atoms with Gasteiger partial charge in [-0.05, 0) is 93.8 Å². The first-order chi connectivity index (χ1) is 29.7. The molecule has 1 atom stereocenters. The van der Waals surface area contributed by atoms with Crippen LogP contribution in [0.5, 0.6) is 0 Å². The van der Waals surface area contributed by atoms with E-state index in [0.717, 1.165) is 141 Å². The largest absolute Gasteiger partial charge is 0.380 e. The first-order valence-electron chi connectivity index (χ1n) is 21.7. The Morgan fingerprint density at radius 3 is 1.87 bits per heavy atom. The molecule has 0 bridgehead atoms. The zero-order valence-corrected chi connectivity index (χ0v) is 33.9. The topological polar surface area (TPSA) is 163 Å². The number of benzene rings is 2. The van der Waals surface area contributed by atoms with Crippen LogP contribution in [-0.2, 0) is 9.47 Å². The van der Waals surface area contributed by atoms with Crippen LogP contribution in [-0.4, -0.2) is 105 Å². The van der Waals surface area contributed by atoms with Gasteiger partial charge in [0.2, 0.25) is 5.95 Å². The molecule has 15 heteroatoms. The summed E-state index contributed by atoms with van der Waals surface area (Å²) in [5.74, 6) is 1.64. The molecule has 2 saturated heterocycles. The van der Waals surface area contributed by atoms with Crippen LogP contribution in [0.25, 0.3) is 22.1 Å². The average molecular weight is 808 g/mol. The smallest absolute Gasteiger partial charge is 0.222 e. The second kappa shape index (κ2) is 17.7. The summed E-state index contributed by atoms with van der Waals surface area (Å²) in [6.45, 7) is 5.13. The van der Waals surface area contributed by atoms with E-state index in [9.17, 15) is 0 Å². The number of nitrogens with zero attached hydrogens (tertiary/aromatic N) is 9. The molecule has 0 radical (unpaired) electrons. The molecular weight excluding hydrogens is 755 g/mol. The van der Waals surface area contributed by atoms with Crippen molar-refractivity contribution >= 4 is 56.6 Å². The number of aromatic nitrogens is 7. The van der Waals surface area contributed by atoms with Crippen molar-refractivity contribution in [1.82, 2.24) is 34.9 Å². The van der Waals surface area contributed by atoms with Crippen molar-refractivity contribution in [3.63, 3.8) is 0 Å². The molecule has 6 heterocycles. The molecule has 60 heavy (non-hydrogen) atoms. The van der Waals surface area contributed by atoms with Gasteiger partial charge in [0.15, 0.2) is 0 Å². The summed E-state index contributed by atoms with van der Waals surface area (Å²) in [6, 6.07) is 18.1. The highest BCUT2D eigenvalue weighted by Gasteiger charge is 2.28. The number of ether oxygens (including phenoxy) is 2. The SMILES string of the molecule is c1ccc(NC2CCC(Nc3cc(N4CCOCC4)cc4ncc(C5CN(c6cc(NC7CCC(Nc8ncccn8)CC7)c7nccnc7c6)CCO5)nc34)CC2)nc1. The maximum Gasteiger partial charge on any atom is 0.222 e. The lowest BCUT2D eigenvalue weighted by Crippen LogP contribution is -2.39. The van der Waals surface area contributed by atoms with Crippen LogP contribution in [0.2, 0.25) is 0 Å². The molecule has 2 aliphatic carbocycles. The molecule has 15 nitrogen and oxygen atoms in total. The van der Waals surface area contributed by atoms with Gasteiger partial charge in [0.05, 0.1) is 60.7 Å². The van der Waals surface area contributed by atoms with Crippen molar-refractivity contribution in [3.05, 3.63) is 91.4 Å². The van der Waals surface area contributed by atoms with Gasteiger partial charge in [0.1, 0.15) is 23.0 Å². The molecular formula is C45H53N13O2. The second-order valence-corrected chi connectivity index (χ2v) is 16.4. The monoisotopic (exact) mass is 807 g/mol. The lowest BCUT2D eigenvalue weighted by atomic mass is 9.91. The number of hydrogen-bond acceptors (Lipinski definition) is 15. The Morgan fingerprint density at radius 2 is 1.15 bits per heavy atom. The van der Waals surface area contributed by atoms with E-state index in [0.29, 0.717) is 43.3 Å². The fourth-order valence-electron chi connectivity index (χ4n) is 9.22. The molecule has 2 aromatic carbocycles. The minimum Gasteiger partial charge on any atom is -0.380 e. The van der Waals surface area contributed by atoms with Crippen molar-refractivity contribution in [2.75, 3.05) is 77.1 Å². The Kier molecular flexibility index (Phi) is 11.3. The first-order valence-corrected chi connectivity index (χ1v) is 21.7. The quantitative estimate of drug-likeness (QED) is 0.108. The Bertz CT molecular complexity index is 2350. The minimum absolute atomic E-state index is 0.249. The Labute approximate surface area is 350 Å². The number of rotatable bonds is 11. The highest BCUT2D eigenvalue weighted by atomic mass is 16.5. The van der Waals surface area contributed by atoms with Gasteiger partial charge >= 0.3 is 0 Å². The molecule has 0 spiro atoms. The van der Waals surface area contributed by atoms with Gasteiger partial charge in [-0.15, -0.1) is 0 Å². The van der Waals surface area contributed by atoms with E-state index in [1.165, 1.54) is 0 Å². The Morgan fingerprint density at radius 1 is 0.533 bits per heavy atom. The van der Waals surface area contributed by atoms with E-state index in [1.807, 2.05) is 36.7 Å². The summed E-state index contributed by atoms with van der Waals surface area (Å²) in [6.07, 6.45) is 19.0. The highest BCUT2D eigenvalue weighted by molar-refractivity contribution is 5.92. The van der Waals surface area contributed by atoms with Gasteiger partial charge in [-0.2, -0.15) is 0 Å². The van der Waals surface area contributed by atoms with E-state index in [2.05, 4.69) is 70.3 Å². The summed E-state index contributed by atoms with van der Waals surface area (Å²) in [7, 11) is 0. The third-order valence-electron chi connectivity index (χ3n) is 12.4.